The van der Waals surface area contributed by atoms with Crippen molar-refractivity contribution in [3.8, 4) is 0 Å². The van der Waals surface area contributed by atoms with Gasteiger partial charge in [-0.2, -0.15) is 0 Å². The Balaban J connectivity index is 1.88. The first-order valence-corrected chi connectivity index (χ1v) is 12.8. The predicted octanol–water partition coefficient (Wildman–Crippen LogP) is 4.77. The van der Waals surface area contributed by atoms with E-state index in [2.05, 4.69) is 36.4 Å². The molecule has 0 saturated carbocycles. The van der Waals surface area contributed by atoms with Crippen LogP contribution in [0.15, 0.2) is 115 Å². The van der Waals surface area contributed by atoms with E-state index in [-0.39, 0.29) is 18.2 Å². The number of amides is 2. The van der Waals surface area contributed by atoms with Crippen LogP contribution in [-0.2, 0) is 9.59 Å². The molecule has 1 heterocycles. The molecule has 2 amide bonds. The van der Waals surface area contributed by atoms with Crippen LogP contribution in [0.2, 0.25) is 5.02 Å². The molecule has 0 atom stereocenters. The average molecular weight is 470 g/mol. The van der Waals surface area contributed by atoms with Crippen molar-refractivity contribution >= 4 is 57.2 Å². The van der Waals surface area contributed by atoms with E-state index in [1.807, 2.05) is 54.6 Å². The van der Waals surface area contributed by atoms with Crippen molar-refractivity contribution in [1.82, 2.24) is 0 Å². The van der Waals surface area contributed by atoms with Gasteiger partial charge in [-0.15, -0.1) is 0 Å². The molecule has 5 heteroatoms. The molecule has 33 heavy (non-hydrogen) atoms. The first-order valence-electron chi connectivity index (χ1n) is 10.7. The van der Waals surface area contributed by atoms with Gasteiger partial charge in [0.1, 0.15) is 0 Å². The smallest absolute Gasteiger partial charge is 0.262 e. The number of anilines is 1. The van der Waals surface area contributed by atoms with E-state index in [0.29, 0.717) is 16.0 Å². The van der Waals surface area contributed by atoms with Gasteiger partial charge in [0.05, 0.1) is 12.1 Å². The summed E-state index contributed by atoms with van der Waals surface area (Å²) in [5.41, 5.74) is 0.539. The first-order chi connectivity index (χ1) is 16.1. The number of halogens is 1. The minimum Gasteiger partial charge on any atom is -0.274 e. The second kappa shape index (κ2) is 8.86. The summed E-state index contributed by atoms with van der Waals surface area (Å²) >= 11 is 6.04. The lowest BCUT2D eigenvalue weighted by atomic mass is 10.3. The van der Waals surface area contributed by atoms with Crippen molar-refractivity contribution < 1.29 is 9.59 Å². The molecule has 4 aromatic carbocycles. The molecule has 0 aliphatic carbocycles. The Morgan fingerprint density at radius 1 is 0.606 bits per heavy atom. The fourth-order valence-electron chi connectivity index (χ4n) is 4.52. The van der Waals surface area contributed by atoms with Crippen molar-refractivity contribution in [3.05, 3.63) is 120 Å². The SMILES string of the molecule is O=C1CC(=P(c2ccccc2)(c2ccccc2)c2ccccc2)C(=O)N1c1ccc(Cl)cc1. The van der Waals surface area contributed by atoms with Crippen LogP contribution in [0, 0.1) is 0 Å². The van der Waals surface area contributed by atoms with Crippen LogP contribution >= 0.6 is 18.5 Å². The van der Waals surface area contributed by atoms with Crippen LogP contribution in [0.1, 0.15) is 6.42 Å². The zero-order valence-corrected chi connectivity index (χ0v) is 19.4. The predicted molar refractivity (Wildman–Crippen MR) is 139 cm³/mol. The molecule has 1 aliphatic heterocycles. The molecule has 0 aromatic heterocycles. The molecule has 0 radical (unpaired) electrons. The van der Waals surface area contributed by atoms with Crippen molar-refractivity contribution in [3.63, 3.8) is 0 Å². The molecule has 1 saturated heterocycles. The summed E-state index contributed by atoms with van der Waals surface area (Å²) in [7, 11) is 0. The summed E-state index contributed by atoms with van der Waals surface area (Å²) in [4.78, 5) is 28.6. The second-order valence-electron chi connectivity index (χ2n) is 7.81. The van der Waals surface area contributed by atoms with E-state index in [4.69, 9.17) is 11.6 Å². The molecule has 162 valence electrons. The summed E-state index contributed by atoms with van der Waals surface area (Å²) < 4.78 is 0. The number of carbonyl (C=O) groups excluding carboxylic acids is 2. The molecule has 3 nitrogen and oxygen atoms in total. The molecule has 1 fully saturated rings. The average Bonchev–Trinajstić information content (AvgIpc) is 3.16. The van der Waals surface area contributed by atoms with Crippen LogP contribution in [0.4, 0.5) is 5.69 Å². The fraction of sp³-hybridized carbons (Fsp3) is 0.0357. The molecule has 5 rings (SSSR count). The van der Waals surface area contributed by atoms with Crippen LogP contribution in [0.3, 0.4) is 0 Å². The number of benzene rings is 4. The number of carbonyl (C=O) groups is 2. The first kappa shape index (κ1) is 21.5. The maximum atomic E-state index is 14.0. The van der Waals surface area contributed by atoms with Gasteiger partial charge in [0, 0.05) is 10.3 Å². The zero-order valence-electron chi connectivity index (χ0n) is 17.8. The van der Waals surface area contributed by atoms with Gasteiger partial charge in [-0.25, -0.2) is 4.90 Å². The van der Waals surface area contributed by atoms with Gasteiger partial charge in [0.2, 0.25) is 5.91 Å². The number of imide groups is 1. The van der Waals surface area contributed by atoms with E-state index >= 15 is 0 Å². The summed E-state index contributed by atoms with van der Waals surface area (Å²) in [6, 6.07) is 37.2. The summed E-state index contributed by atoms with van der Waals surface area (Å²) in [6.07, 6.45) is 0.0773. The molecule has 4 aromatic rings. The number of hydrogen-bond acceptors (Lipinski definition) is 2. The highest BCUT2D eigenvalue weighted by molar-refractivity contribution is 7.96. The van der Waals surface area contributed by atoms with Crippen molar-refractivity contribution in [2.24, 2.45) is 0 Å². The Bertz CT molecular complexity index is 1260. The minimum atomic E-state index is -2.58. The number of rotatable bonds is 4. The second-order valence-corrected chi connectivity index (χ2v) is 11.7. The highest BCUT2D eigenvalue weighted by Gasteiger charge is 2.42. The van der Waals surface area contributed by atoms with E-state index in [1.165, 1.54) is 4.90 Å². The van der Waals surface area contributed by atoms with Gasteiger partial charge in [-0.1, -0.05) is 103 Å². The highest BCUT2D eigenvalue weighted by atomic mass is 35.5. The molecule has 0 bridgehead atoms. The van der Waals surface area contributed by atoms with Crippen molar-refractivity contribution in [2.45, 2.75) is 6.42 Å². The lowest BCUT2D eigenvalue weighted by Gasteiger charge is -2.31. The third-order valence-electron chi connectivity index (χ3n) is 5.94. The fourth-order valence-corrected chi connectivity index (χ4v) is 9.10. The standard InChI is InChI=1S/C28H21ClNO2P/c29-21-16-18-22(19-17-21)30-27(31)20-26(28(30)32)33(23-10-4-1-5-11-23,24-12-6-2-7-13-24)25-14-8-3-9-15-25/h1-19H,20H2. The Morgan fingerprint density at radius 3 is 1.45 bits per heavy atom. The van der Waals surface area contributed by atoms with Gasteiger partial charge < -0.3 is 0 Å². The number of nitrogens with zero attached hydrogens (tertiary/aromatic N) is 1. The Hall–Kier alpha value is -3.39. The van der Waals surface area contributed by atoms with Crippen LogP contribution in [-0.4, -0.2) is 17.1 Å². The molecule has 0 spiro atoms. The Labute approximate surface area is 198 Å². The zero-order chi connectivity index (χ0) is 22.8. The molecule has 0 N–H and O–H groups in total. The van der Waals surface area contributed by atoms with Crippen LogP contribution in [0.25, 0.3) is 0 Å². The minimum absolute atomic E-state index is 0.0773. The van der Waals surface area contributed by atoms with E-state index in [0.717, 1.165) is 15.9 Å². The largest absolute Gasteiger partial charge is 0.274 e. The third-order valence-corrected chi connectivity index (χ3v) is 10.6. The number of hydrogen-bond donors (Lipinski definition) is 0. The van der Waals surface area contributed by atoms with Gasteiger partial charge in [0.25, 0.3) is 5.91 Å². The lowest BCUT2D eigenvalue weighted by molar-refractivity contribution is -0.120. The molecule has 0 unspecified atom stereocenters. The third kappa shape index (κ3) is 3.64. The summed E-state index contributed by atoms with van der Waals surface area (Å²) in [5.74, 6) is -0.461. The Kier molecular flexibility index (Phi) is 5.76. The highest BCUT2D eigenvalue weighted by Crippen LogP contribution is 2.48. The quantitative estimate of drug-likeness (QED) is 0.319. The van der Waals surface area contributed by atoms with Gasteiger partial charge in [0.15, 0.2) is 0 Å². The van der Waals surface area contributed by atoms with E-state index in [9.17, 15) is 9.59 Å². The molecule has 1 aliphatic rings. The topological polar surface area (TPSA) is 37.4 Å². The molecular weight excluding hydrogens is 449 g/mol. The monoisotopic (exact) mass is 469 g/mol. The van der Waals surface area contributed by atoms with Gasteiger partial charge in [-0.3, -0.25) is 9.59 Å². The maximum Gasteiger partial charge on any atom is 0.262 e. The lowest BCUT2D eigenvalue weighted by Crippen LogP contribution is -2.35. The van der Waals surface area contributed by atoms with Crippen LogP contribution in [0.5, 0.6) is 0 Å². The van der Waals surface area contributed by atoms with Crippen LogP contribution < -0.4 is 20.8 Å². The van der Waals surface area contributed by atoms with Gasteiger partial charge in [-0.05, 0) is 47.1 Å². The van der Waals surface area contributed by atoms with Crippen molar-refractivity contribution in [2.75, 3.05) is 4.90 Å². The maximum absolute atomic E-state index is 14.0. The summed E-state index contributed by atoms with van der Waals surface area (Å²) in [5, 5.41) is 4.36. The van der Waals surface area contributed by atoms with Crippen molar-refractivity contribution in [1.29, 1.82) is 0 Å². The van der Waals surface area contributed by atoms with E-state index < -0.39 is 6.89 Å². The molecular formula is C28H21ClNO2P. The normalized spacial score (nSPS) is 14.1. The van der Waals surface area contributed by atoms with Gasteiger partial charge >= 0.3 is 0 Å². The Morgan fingerprint density at radius 2 is 1.03 bits per heavy atom. The van der Waals surface area contributed by atoms with E-state index in [1.54, 1.807) is 24.3 Å². The summed E-state index contributed by atoms with van der Waals surface area (Å²) in [6.45, 7) is -2.58.